The summed E-state index contributed by atoms with van der Waals surface area (Å²) in [5, 5.41) is 6.66. The minimum absolute atomic E-state index is 0.527. The van der Waals surface area contributed by atoms with E-state index in [1.54, 1.807) is 35.5 Å². The average Bonchev–Trinajstić information content (AvgIpc) is 2.83. The summed E-state index contributed by atoms with van der Waals surface area (Å²) in [6.07, 6.45) is 1.86. The highest BCUT2D eigenvalue weighted by molar-refractivity contribution is 5.79. The maximum Gasteiger partial charge on any atom is 0.203 e. The number of rotatable bonds is 12. The Morgan fingerprint density at radius 1 is 0.844 bits per heavy atom. The summed E-state index contributed by atoms with van der Waals surface area (Å²) in [4.78, 5) is 4.30. The zero-order valence-corrected chi connectivity index (χ0v) is 19.9. The Hall–Kier alpha value is -3.29. The molecule has 0 radical (unpaired) electrons. The Bertz CT molecular complexity index is 886. The third-order valence-corrected chi connectivity index (χ3v) is 4.92. The van der Waals surface area contributed by atoms with Crippen LogP contribution in [0.2, 0.25) is 0 Å². The van der Waals surface area contributed by atoms with E-state index in [0.29, 0.717) is 36.4 Å². The lowest BCUT2D eigenvalue weighted by Gasteiger charge is -2.17. The number of methoxy groups -OCH3 is 4. The monoisotopic (exact) mass is 445 g/mol. The van der Waals surface area contributed by atoms with E-state index in [0.717, 1.165) is 36.4 Å². The summed E-state index contributed by atoms with van der Waals surface area (Å²) in [5.74, 6) is 4.08. The third kappa shape index (κ3) is 6.60. The van der Waals surface area contributed by atoms with E-state index in [1.807, 2.05) is 31.2 Å². The van der Waals surface area contributed by atoms with E-state index in [-0.39, 0.29) is 0 Å². The number of hydrogen-bond acceptors (Lipinski definition) is 6. The molecule has 0 aliphatic rings. The zero-order chi connectivity index (χ0) is 23.3. The summed E-state index contributed by atoms with van der Waals surface area (Å²) in [5.41, 5.74) is 2.14. The van der Waals surface area contributed by atoms with Crippen molar-refractivity contribution in [3.63, 3.8) is 0 Å². The van der Waals surface area contributed by atoms with Crippen LogP contribution in [0.25, 0.3) is 0 Å². The lowest BCUT2D eigenvalue weighted by Crippen LogP contribution is -2.37. The van der Waals surface area contributed by atoms with Gasteiger partial charge in [-0.2, -0.15) is 0 Å². The summed E-state index contributed by atoms with van der Waals surface area (Å²) in [6.45, 7) is 3.87. The fraction of sp³-hybridized carbons (Fsp3) is 0.458. The van der Waals surface area contributed by atoms with Gasteiger partial charge in [0.25, 0.3) is 0 Å². The maximum absolute atomic E-state index is 5.66. The zero-order valence-electron chi connectivity index (χ0n) is 19.9. The van der Waals surface area contributed by atoms with Crippen molar-refractivity contribution in [1.29, 1.82) is 0 Å². The van der Waals surface area contributed by atoms with Crippen LogP contribution in [-0.2, 0) is 13.0 Å². The smallest absolute Gasteiger partial charge is 0.203 e. The summed E-state index contributed by atoms with van der Waals surface area (Å²) in [7, 11) is 8.21. The molecule has 176 valence electrons. The normalized spacial score (nSPS) is 11.0. The predicted octanol–water partition coefficient (Wildman–Crippen LogP) is 3.42. The molecule has 0 saturated carbocycles. The third-order valence-electron chi connectivity index (χ3n) is 4.92. The molecule has 2 N–H and O–H groups in total. The van der Waals surface area contributed by atoms with Crippen LogP contribution in [0, 0.1) is 0 Å². The molecule has 0 unspecified atom stereocenters. The van der Waals surface area contributed by atoms with Crippen molar-refractivity contribution in [2.75, 3.05) is 48.6 Å². The number of aliphatic imine (C=N–C) groups is 1. The Labute approximate surface area is 190 Å². The number of guanidine groups is 1. The molecular weight excluding hydrogens is 410 g/mol. The molecule has 0 bridgehead atoms. The molecule has 0 amide bonds. The van der Waals surface area contributed by atoms with Crippen LogP contribution in [0.3, 0.4) is 0 Å². The molecule has 0 atom stereocenters. The van der Waals surface area contributed by atoms with Gasteiger partial charge in [0.15, 0.2) is 29.0 Å². The van der Waals surface area contributed by atoms with Gasteiger partial charge in [0.2, 0.25) is 5.75 Å². The Morgan fingerprint density at radius 3 is 2.19 bits per heavy atom. The van der Waals surface area contributed by atoms with E-state index >= 15 is 0 Å². The SMILES string of the molecule is CCOc1cc(CCCNC(=NC)NCc2ccc(OC)c(OC)c2OC)ccc1OC. The Kier molecular flexibility index (Phi) is 10.3. The van der Waals surface area contributed by atoms with Gasteiger partial charge in [-0.1, -0.05) is 6.07 Å². The van der Waals surface area contributed by atoms with E-state index in [1.165, 1.54) is 5.56 Å². The van der Waals surface area contributed by atoms with Crippen molar-refractivity contribution in [2.24, 2.45) is 4.99 Å². The van der Waals surface area contributed by atoms with E-state index in [2.05, 4.69) is 21.7 Å². The molecule has 8 heteroatoms. The Balaban J connectivity index is 1.89. The fourth-order valence-corrected chi connectivity index (χ4v) is 3.35. The van der Waals surface area contributed by atoms with Crippen molar-refractivity contribution >= 4 is 5.96 Å². The summed E-state index contributed by atoms with van der Waals surface area (Å²) in [6, 6.07) is 9.86. The second-order valence-electron chi connectivity index (χ2n) is 6.87. The molecule has 2 rings (SSSR count). The van der Waals surface area contributed by atoms with Gasteiger partial charge in [-0.05, 0) is 49.6 Å². The van der Waals surface area contributed by atoms with Crippen LogP contribution >= 0.6 is 0 Å². The number of hydrogen-bond donors (Lipinski definition) is 2. The van der Waals surface area contributed by atoms with Gasteiger partial charge < -0.3 is 34.3 Å². The first-order valence-corrected chi connectivity index (χ1v) is 10.6. The number of ether oxygens (including phenoxy) is 5. The van der Waals surface area contributed by atoms with E-state index < -0.39 is 0 Å². The average molecular weight is 446 g/mol. The molecule has 0 aromatic heterocycles. The van der Waals surface area contributed by atoms with Gasteiger partial charge in [0, 0.05) is 25.7 Å². The maximum atomic E-state index is 5.66. The first kappa shape index (κ1) is 25.0. The van der Waals surface area contributed by atoms with Crippen LogP contribution in [0.15, 0.2) is 35.3 Å². The first-order valence-electron chi connectivity index (χ1n) is 10.6. The van der Waals surface area contributed by atoms with Gasteiger partial charge in [-0.25, -0.2) is 0 Å². The van der Waals surface area contributed by atoms with Crippen molar-refractivity contribution in [1.82, 2.24) is 10.6 Å². The minimum Gasteiger partial charge on any atom is -0.493 e. The van der Waals surface area contributed by atoms with Crippen LogP contribution in [0.5, 0.6) is 28.7 Å². The molecule has 0 aliphatic carbocycles. The quantitative estimate of drug-likeness (QED) is 0.294. The number of nitrogens with zero attached hydrogens (tertiary/aromatic N) is 1. The second-order valence-corrected chi connectivity index (χ2v) is 6.87. The lowest BCUT2D eigenvalue weighted by molar-refractivity contribution is 0.310. The van der Waals surface area contributed by atoms with Crippen LogP contribution in [-0.4, -0.2) is 54.6 Å². The summed E-state index contributed by atoms with van der Waals surface area (Å²) >= 11 is 0. The van der Waals surface area contributed by atoms with E-state index in [9.17, 15) is 0 Å². The van der Waals surface area contributed by atoms with Crippen molar-refractivity contribution in [3.05, 3.63) is 41.5 Å². The first-order chi connectivity index (χ1) is 15.6. The van der Waals surface area contributed by atoms with Crippen molar-refractivity contribution < 1.29 is 23.7 Å². The van der Waals surface area contributed by atoms with Crippen LogP contribution < -0.4 is 34.3 Å². The van der Waals surface area contributed by atoms with E-state index in [4.69, 9.17) is 23.7 Å². The highest BCUT2D eigenvalue weighted by Gasteiger charge is 2.16. The van der Waals surface area contributed by atoms with Gasteiger partial charge in [0.05, 0.1) is 35.0 Å². The predicted molar refractivity (Wildman–Crippen MR) is 127 cm³/mol. The minimum atomic E-state index is 0.527. The molecule has 0 heterocycles. The molecule has 0 spiro atoms. The summed E-state index contributed by atoms with van der Waals surface area (Å²) < 4.78 is 27.3. The standard InChI is InChI=1S/C24H35N3O5/c1-7-32-21-15-17(10-12-19(21)28-3)9-8-14-26-24(25-2)27-16-18-11-13-20(29-4)23(31-6)22(18)30-5/h10-13,15H,7-9,14,16H2,1-6H3,(H2,25,26,27). The molecule has 2 aromatic carbocycles. The largest absolute Gasteiger partial charge is 0.493 e. The number of nitrogens with one attached hydrogen (secondary N) is 2. The second kappa shape index (κ2) is 13.2. The topological polar surface area (TPSA) is 82.6 Å². The number of aryl methyl sites for hydroxylation is 1. The highest BCUT2D eigenvalue weighted by Crippen LogP contribution is 2.39. The van der Waals surface area contributed by atoms with Crippen molar-refractivity contribution in [3.8, 4) is 28.7 Å². The highest BCUT2D eigenvalue weighted by atomic mass is 16.5. The lowest BCUT2D eigenvalue weighted by atomic mass is 10.1. The molecule has 0 fully saturated rings. The molecule has 8 nitrogen and oxygen atoms in total. The molecular formula is C24H35N3O5. The van der Waals surface area contributed by atoms with Crippen LogP contribution in [0.4, 0.5) is 0 Å². The molecule has 0 saturated heterocycles. The molecule has 2 aromatic rings. The van der Waals surface area contributed by atoms with Crippen molar-refractivity contribution in [2.45, 2.75) is 26.3 Å². The van der Waals surface area contributed by atoms with Crippen LogP contribution in [0.1, 0.15) is 24.5 Å². The Morgan fingerprint density at radius 2 is 1.56 bits per heavy atom. The number of benzene rings is 2. The fourth-order valence-electron chi connectivity index (χ4n) is 3.35. The van der Waals surface area contributed by atoms with Gasteiger partial charge in [-0.3, -0.25) is 4.99 Å². The van der Waals surface area contributed by atoms with Gasteiger partial charge in [0.1, 0.15) is 0 Å². The van der Waals surface area contributed by atoms with Gasteiger partial charge >= 0.3 is 0 Å². The molecule has 32 heavy (non-hydrogen) atoms. The molecule has 0 aliphatic heterocycles. The van der Waals surface area contributed by atoms with Gasteiger partial charge in [-0.15, -0.1) is 0 Å².